The van der Waals surface area contributed by atoms with E-state index in [4.69, 9.17) is 11.6 Å². The van der Waals surface area contributed by atoms with Gasteiger partial charge in [0.15, 0.2) is 0 Å². The highest BCUT2D eigenvalue weighted by Gasteiger charge is 2.22. The molecule has 2 atom stereocenters. The maximum Gasteiger partial charge on any atom is 0.253 e. The molecule has 1 saturated carbocycles. The first kappa shape index (κ1) is 12.3. The number of pyridine rings is 1. The molecule has 0 radical (unpaired) electrons. The Morgan fingerprint density at radius 1 is 1.53 bits per heavy atom. The number of carbonyl (C=O) groups excluding carboxylic acids is 1. The summed E-state index contributed by atoms with van der Waals surface area (Å²) >= 11 is 5.89. The number of amides is 1. The van der Waals surface area contributed by atoms with Gasteiger partial charge in [0.25, 0.3) is 5.91 Å². The van der Waals surface area contributed by atoms with Gasteiger partial charge in [-0.05, 0) is 31.7 Å². The van der Waals surface area contributed by atoms with Crippen LogP contribution in [0.4, 0.5) is 0 Å². The van der Waals surface area contributed by atoms with Crippen LogP contribution in [-0.4, -0.2) is 28.1 Å². The molecule has 4 nitrogen and oxygen atoms in total. The van der Waals surface area contributed by atoms with Crippen LogP contribution in [0.15, 0.2) is 18.5 Å². The molecular formula is C12H15ClN2O2. The molecule has 2 rings (SSSR count). The molecule has 0 aliphatic heterocycles. The van der Waals surface area contributed by atoms with Crippen LogP contribution in [0.3, 0.4) is 0 Å². The predicted octanol–water partition coefficient (Wildman–Crippen LogP) is 1.77. The smallest absolute Gasteiger partial charge is 0.253 e. The standard InChI is InChI=1S/C12H15ClN2O2/c13-11-7-14-5-4-10(11)12(17)15-8-2-1-3-9(16)6-8/h4-5,7-9,16H,1-3,6H2,(H,15,17). The Balaban J connectivity index is 1.99. The summed E-state index contributed by atoms with van der Waals surface area (Å²) in [5.41, 5.74) is 0.432. The molecule has 0 spiro atoms. The van der Waals surface area contributed by atoms with Crippen LogP contribution in [0.1, 0.15) is 36.0 Å². The fourth-order valence-corrected chi connectivity index (χ4v) is 2.32. The van der Waals surface area contributed by atoms with Gasteiger partial charge in [-0.1, -0.05) is 11.6 Å². The van der Waals surface area contributed by atoms with Crippen molar-refractivity contribution in [2.24, 2.45) is 0 Å². The fourth-order valence-electron chi connectivity index (χ4n) is 2.12. The van der Waals surface area contributed by atoms with Gasteiger partial charge in [0.1, 0.15) is 0 Å². The minimum absolute atomic E-state index is 0.0375. The SMILES string of the molecule is O=C(NC1CCCC(O)C1)c1ccncc1Cl. The molecule has 2 unspecified atom stereocenters. The first-order valence-electron chi connectivity index (χ1n) is 5.75. The second-order valence-corrected chi connectivity index (χ2v) is 4.75. The van der Waals surface area contributed by atoms with Gasteiger partial charge in [-0.25, -0.2) is 0 Å². The molecule has 2 N–H and O–H groups in total. The van der Waals surface area contributed by atoms with Crippen molar-refractivity contribution in [3.05, 3.63) is 29.0 Å². The number of nitrogens with zero attached hydrogens (tertiary/aromatic N) is 1. The quantitative estimate of drug-likeness (QED) is 0.846. The molecular weight excluding hydrogens is 240 g/mol. The van der Waals surface area contributed by atoms with E-state index in [1.807, 2.05) is 0 Å². The lowest BCUT2D eigenvalue weighted by Crippen LogP contribution is -2.39. The van der Waals surface area contributed by atoms with Crippen LogP contribution < -0.4 is 5.32 Å². The predicted molar refractivity (Wildman–Crippen MR) is 65.0 cm³/mol. The molecule has 17 heavy (non-hydrogen) atoms. The van der Waals surface area contributed by atoms with Crippen molar-refractivity contribution in [3.63, 3.8) is 0 Å². The zero-order valence-electron chi connectivity index (χ0n) is 9.40. The van der Waals surface area contributed by atoms with Gasteiger partial charge in [-0.2, -0.15) is 0 Å². The van der Waals surface area contributed by atoms with E-state index in [9.17, 15) is 9.90 Å². The van der Waals surface area contributed by atoms with Crippen LogP contribution in [0.25, 0.3) is 0 Å². The molecule has 1 amide bonds. The van der Waals surface area contributed by atoms with Crippen molar-refractivity contribution in [3.8, 4) is 0 Å². The second-order valence-electron chi connectivity index (χ2n) is 4.35. The zero-order valence-corrected chi connectivity index (χ0v) is 10.2. The molecule has 1 heterocycles. The maximum atomic E-state index is 11.9. The first-order chi connectivity index (χ1) is 8.16. The lowest BCUT2D eigenvalue weighted by molar-refractivity contribution is 0.0850. The Bertz CT molecular complexity index is 411. The second kappa shape index (κ2) is 5.47. The van der Waals surface area contributed by atoms with E-state index >= 15 is 0 Å². The van der Waals surface area contributed by atoms with Gasteiger partial charge >= 0.3 is 0 Å². The van der Waals surface area contributed by atoms with Gasteiger partial charge in [0.2, 0.25) is 0 Å². The molecule has 92 valence electrons. The number of aromatic nitrogens is 1. The van der Waals surface area contributed by atoms with E-state index < -0.39 is 0 Å². The van der Waals surface area contributed by atoms with Gasteiger partial charge in [-0.3, -0.25) is 9.78 Å². The number of rotatable bonds is 2. The van der Waals surface area contributed by atoms with Gasteiger partial charge in [0.05, 0.1) is 16.7 Å². The molecule has 1 aromatic heterocycles. The van der Waals surface area contributed by atoms with Crippen LogP contribution in [0.5, 0.6) is 0 Å². The van der Waals surface area contributed by atoms with Crippen molar-refractivity contribution in [1.82, 2.24) is 10.3 Å². The number of aliphatic hydroxyl groups excluding tert-OH is 1. The minimum Gasteiger partial charge on any atom is -0.393 e. The monoisotopic (exact) mass is 254 g/mol. The van der Waals surface area contributed by atoms with Crippen molar-refractivity contribution >= 4 is 17.5 Å². The van der Waals surface area contributed by atoms with E-state index in [1.54, 1.807) is 6.07 Å². The Hall–Kier alpha value is -1.13. The lowest BCUT2D eigenvalue weighted by atomic mass is 9.93. The molecule has 0 saturated heterocycles. The maximum absolute atomic E-state index is 11.9. The summed E-state index contributed by atoms with van der Waals surface area (Å²) in [7, 11) is 0. The molecule has 1 aliphatic rings. The fraction of sp³-hybridized carbons (Fsp3) is 0.500. The van der Waals surface area contributed by atoms with Crippen LogP contribution in [0, 0.1) is 0 Å². The number of hydrogen-bond donors (Lipinski definition) is 2. The summed E-state index contributed by atoms with van der Waals surface area (Å²) in [6.45, 7) is 0. The van der Waals surface area contributed by atoms with E-state index in [0.29, 0.717) is 17.0 Å². The van der Waals surface area contributed by atoms with Gasteiger partial charge < -0.3 is 10.4 Å². The third-order valence-corrected chi connectivity index (χ3v) is 3.30. The summed E-state index contributed by atoms with van der Waals surface area (Å²) in [5, 5.41) is 12.8. The molecule has 0 aromatic carbocycles. The number of carbonyl (C=O) groups is 1. The zero-order chi connectivity index (χ0) is 12.3. The van der Waals surface area contributed by atoms with Gasteiger partial charge in [0, 0.05) is 18.4 Å². The van der Waals surface area contributed by atoms with Crippen molar-refractivity contribution in [1.29, 1.82) is 0 Å². The summed E-state index contributed by atoms with van der Waals surface area (Å²) in [5.74, 6) is -0.198. The van der Waals surface area contributed by atoms with Crippen molar-refractivity contribution < 1.29 is 9.90 Å². The van der Waals surface area contributed by atoms with Gasteiger partial charge in [-0.15, -0.1) is 0 Å². The highest BCUT2D eigenvalue weighted by molar-refractivity contribution is 6.33. The van der Waals surface area contributed by atoms with E-state index in [2.05, 4.69) is 10.3 Å². The highest BCUT2D eigenvalue weighted by atomic mass is 35.5. The van der Waals surface area contributed by atoms with Crippen LogP contribution in [-0.2, 0) is 0 Å². The normalized spacial score (nSPS) is 24.4. The third-order valence-electron chi connectivity index (χ3n) is 3.00. The lowest BCUT2D eigenvalue weighted by Gasteiger charge is -2.26. The molecule has 0 bridgehead atoms. The number of hydrogen-bond acceptors (Lipinski definition) is 3. The Kier molecular flexibility index (Phi) is 3.97. The van der Waals surface area contributed by atoms with E-state index in [1.165, 1.54) is 12.4 Å². The number of halogens is 1. The topological polar surface area (TPSA) is 62.2 Å². The van der Waals surface area contributed by atoms with Crippen molar-refractivity contribution in [2.45, 2.75) is 37.8 Å². The Labute approximate surface area is 105 Å². The molecule has 1 fully saturated rings. The summed E-state index contributed by atoms with van der Waals surface area (Å²) in [6.07, 6.45) is 5.98. The van der Waals surface area contributed by atoms with E-state index in [-0.39, 0.29) is 18.1 Å². The van der Waals surface area contributed by atoms with Crippen LogP contribution >= 0.6 is 11.6 Å². The Morgan fingerprint density at radius 3 is 3.06 bits per heavy atom. The van der Waals surface area contributed by atoms with E-state index in [0.717, 1.165) is 19.3 Å². The minimum atomic E-state index is -0.304. The molecule has 1 aromatic rings. The molecule has 5 heteroatoms. The largest absolute Gasteiger partial charge is 0.393 e. The first-order valence-corrected chi connectivity index (χ1v) is 6.13. The summed E-state index contributed by atoms with van der Waals surface area (Å²) in [4.78, 5) is 15.8. The van der Waals surface area contributed by atoms with Crippen LogP contribution in [0.2, 0.25) is 5.02 Å². The summed E-state index contributed by atoms with van der Waals surface area (Å²) in [6, 6.07) is 1.63. The average Bonchev–Trinajstić information content (AvgIpc) is 2.29. The summed E-state index contributed by atoms with van der Waals surface area (Å²) < 4.78 is 0. The number of nitrogens with one attached hydrogen (secondary N) is 1. The Morgan fingerprint density at radius 2 is 2.35 bits per heavy atom. The number of aliphatic hydroxyl groups is 1. The van der Waals surface area contributed by atoms with Crippen molar-refractivity contribution in [2.75, 3.05) is 0 Å². The average molecular weight is 255 g/mol. The third kappa shape index (κ3) is 3.17. The molecule has 1 aliphatic carbocycles. The highest BCUT2D eigenvalue weighted by Crippen LogP contribution is 2.20.